The van der Waals surface area contributed by atoms with Crippen molar-refractivity contribution < 1.29 is 28.6 Å². The Morgan fingerprint density at radius 3 is 2.39 bits per heavy atom. The highest BCUT2D eigenvalue weighted by Gasteiger charge is 2.35. The van der Waals surface area contributed by atoms with Crippen molar-refractivity contribution in [3.05, 3.63) is 71.6 Å². The lowest BCUT2D eigenvalue weighted by Crippen LogP contribution is -2.59. The van der Waals surface area contributed by atoms with Crippen molar-refractivity contribution in [3.8, 4) is 5.75 Å². The molecule has 3 rings (SSSR count). The van der Waals surface area contributed by atoms with Crippen LogP contribution in [0.1, 0.15) is 38.3 Å². The highest BCUT2D eigenvalue weighted by molar-refractivity contribution is 5.92. The summed E-state index contributed by atoms with van der Waals surface area (Å²) in [6.45, 7) is 8.10. The predicted octanol–water partition coefficient (Wildman–Crippen LogP) is 2.67. The third-order valence-corrected chi connectivity index (χ3v) is 6.76. The first-order valence-corrected chi connectivity index (χ1v) is 13.9. The van der Waals surface area contributed by atoms with Gasteiger partial charge >= 0.3 is 0 Å². The minimum Gasteiger partial charge on any atom is -0.492 e. The fourth-order valence-corrected chi connectivity index (χ4v) is 4.19. The van der Waals surface area contributed by atoms with Gasteiger partial charge in [-0.3, -0.25) is 14.4 Å². The number of benzene rings is 2. The largest absolute Gasteiger partial charge is 0.492 e. The summed E-state index contributed by atoms with van der Waals surface area (Å²) in [6, 6.07) is 12.3. The molecule has 1 aliphatic heterocycles. The van der Waals surface area contributed by atoms with Crippen molar-refractivity contribution in [2.75, 3.05) is 33.3 Å². The quantitative estimate of drug-likeness (QED) is 0.451. The lowest BCUT2D eigenvalue weighted by atomic mass is 9.96. The summed E-state index contributed by atoms with van der Waals surface area (Å²) in [5.74, 6) is -0.754. The van der Waals surface area contributed by atoms with E-state index in [1.54, 1.807) is 18.2 Å². The molecule has 0 aliphatic carbocycles. The van der Waals surface area contributed by atoms with Crippen LogP contribution >= 0.6 is 0 Å². The highest BCUT2D eigenvalue weighted by Crippen LogP contribution is 2.19. The summed E-state index contributed by atoms with van der Waals surface area (Å²) in [7, 11) is 1.49. The number of likely N-dealkylation sites (N-methyl/N-ethyl adjacent to an activating group) is 1. The number of aliphatic hydroxyl groups excluding tert-OH is 1. The molecule has 10 heteroatoms. The van der Waals surface area contributed by atoms with E-state index in [1.165, 1.54) is 31.0 Å². The van der Waals surface area contributed by atoms with E-state index in [1.807, 2.05) is 51.1 Å². The minimum absolute atomic E-state index is 0.00995. The number of halogens is 1. The van der Waals surface area contributed by atoms with Gasteiger partial charge in [-0.1, -0.05) is 68.3 Å². The third-order valence-electron chi connectivity index (χ3n) is 6.76. The van der Waals surface area contributed by atoms with Crippen LogP contribution in [0.4, 0.5) is 4.39 Å². The summed E-state index contributed by atoms with van der Waals surface area (Å²) in [5.41, 5.74) is 1.96. The lowest BCUT2D eigenvalue weighted by Gasteiger charge is -2.34. The van der Waals surface area contributed by atoms with Gasteiger partial charge in [-0.05, 0) is 38.0 Å². The molecule has 1 aliphatic rings. The third kappa shape index (κ3) is 11.0. The lowest BCUT2D eigenvalue weighted by molar-refractivity contribution is -0.145. The summed E-state index contributed by atoms with van der Waals surface area (Å²) in [5, 5.41) is 18.7. The predicted molar refractivity (Wildman–Crippen MR) is 158 cm³/mol. The number of hydrogen-bond acceptors (Lipinski definition) is 6. The maximum Gasteiger partial charge on any atom is 0.245 e. The number of carbonyl (C=O) groups is 3. The fraction of sp³-hybridized carbons (Fsp3) is 0.452. The second kappa shape index (κ2) is 17.1. The number of carbonyl (C=O) groups excluding carboxylic acids is 3. The Hall–Kier alpha value is -3.76. The highest BCUT2D eigenvalue weighted by atomic mass is 19.1. The maximum absolute atomic E-state index is 13.3. The molecule has 1 heterocycles. The van der Waals surface area contributed by atoms with Crippen molar-refractivity contribution in [2.24, 2.45) is 5.92 Å². The van der Waals surface area contributed by atoms with Crippen molar-refractivity contribution in [2.45, 2.75) is 52.3 Å². The van der Waals surface area contributed by atoms with Gasteiger partial charge in [0.1, 0.15) is 24.2 Å². The van der Waals surface area contributed by atoms with Crippen molar-refractivity contribution in [1.82, 2.24) is 20.9 Å². The van der Waals surface area contributed by atoms with Crippen LogP contribution < -0.4 is 20.7 Å². The standard InChI is InChI=1S/C24H36N4O5.C7H7F/c1-5-16(2)21-24(32)28(4)22(17(3)29)23(31)27-15-20(30)25-12-8-10-18-9-6-7-11-19(18)33-14-13-26-21;1-6-2-4-7(8)5-3-6/h6-11,16-17,21-22,26,29H,5,12-15H2,1-4H3,(H,25,30)(H,27,31);2-5H,1H3/b10-8-;. The number of amides is 3. The van der Waals surface area contributed by atoms with Gasteiger partial charge in [-0.25, -0.2) is 4.39 Å². The molecule has 2 aromatic carbocycles. The molecule has 4 atom stereocenters. The SMILES string of the molecule is CCC(C)C1NCCOc2ccccc2/C=C\CNC(=O)CNC(=O)C(C(C)O)N(C)C1=O.Cc1ccc(F)cc1. The Morgan fingerprint density at radius 1 is 1.07 bits per heavy atom. The molecule has 224 valence electrons. The molecule has 9 nitrogen and oxygen atoms in total. The van der Waals surface area contributed by atoms with Gasteiger partial charge in [-0.2, -0.15) is 0 Å². The minimum atomic E-state index is -1.12. The Kier molecular flexibility index (Phi) is 14.0. The smallest absolute Gasteiger partial charge is 0.245 e. The number of nitrogens with one attached hydrogen (secondary N) is 3. The molecule has 4 N–H and O–H groups in total. The van der Waals surface area contributed by atoms with Crippen LogP contribution in [-0.4, -0.2) is 79.2 Å². The fourth-order valence-electron chi connectivity index (χ4n) is 4.19. The summed E-state index contributed by atoms with van der Waals surface area (Å²) >= 11 is 0. The number of fused-ring (bicyclic) bond motifs is 1. The number of hydrogen-bond donors (Lipinski definition) is 4. The van der Waals surface area contributed by atoms with Gasteiger partial charge in [-0.15, -0.1) is 0 Å². The molecule has 0 radical (unpaired) electrons. The second-order valence-corrected chi connectivity index (χ2v) is 10.1. The summed E-state index contributed by atoms with van der Waals surface area (Å²) in [6.07, 6.45) is 3.28. The molecule has 0 bridgehead atoms. The van der Waals surface area contributed by atoms with E-state index >= 15 is 0 Å². The van der Waals surface area contributed by atoms with Gasteiger partial charge < -0.3 is 30.7 Å². The number of para-hydroxylation sites is 1. The van der Waals surface area contributed by atoms with Crippen molar-refractivity contribution >= 4 is 23.8 Å². The van der Waals surface area contributed by atoms with E-state index in [4.69, 9.17) is 4.74 Å². The molecule has 0 spiro atoms. The van der Waals surface area contributed by atoms with E-state index < -0.39 is 24.1 Å². The van der Waals surface area contributed by atoms with Crippen LogP contribution in [0.25, 0.3) is 6.08 Å². The zero-order chi connectivity index (χ0) is 30.4. The van der Waals surface area contributed by atoms with Crippen molar-refractivity contribution in [3.63, 3.8) is 0 Å². The van der Waals surface area contributed by atoms with Crippen LogP contribution in [-0.2, 0) is 14.4 Å². The molecule has 0 fully saturated rings. The van der Waals surface area contributed by atoms with Crippen LogP contribution in [0.2, 0.25) is 0 Å². The van der Waals surface area contributed by atoms with Crippen LogP contribution in [0.3, 0.4) is 0 Å². The van der Waals surface area contributed by atoms with Crippen LogP contribution in [0.15, 0.2) is 54.6 Å². The van der Waals surface area contributed by atoms with Gasteiger partial charge in [0.2, 0.25) is 17.7 Å². The van der Waals surface area contributed by atoms with Gasteiger partial charge in [0.15, 0.2) is 0 Å². The van der Waals surface area contributed by atoms with E-state index in [0.717, 1.165) is 17.5 Å². The Labute approximate surface area is 242 Å². The van der Waals surface area contributed by atoms with Crippen LogP contribution in [0, 0.1) is 18.7 Å². The van der Waals surface area contributed by atoms with E-state index in [9.17, 15) is 23.9 Å². The summed E-state index contributed by atoms with van der Waals surface area (Å²) in [4.78, 5) is 39.4. The monoisotopic (exact) mass is 570 g/mol. The van der Waals surface area contributed by atoms with Crippen LogP contribution in [0.5, 0.6) is 5.75 Å². The number of aryl methyl sites for hydroxylation is 1. The Balaban J connectivity index is 0.000000629. The van der Waals surface area contributed by atoms with Gasteiger partial charge in [0.25, 0.3) is 0 Å². The number of rotatable bonds is 3. The molecule has 0 aromatic heterocycles. The zero-order valence-electron chi connectivity index (χ0n) is 24.5. The average molecular weight is 571 g/mol. The topological polar surface area (TPSA) is 120 Å². The Morgan fingerprint density at radius 2 is 1.76 bits per heavy atom. The molecule has 2 aromatic rings. The normalized spacial score (nSPS) is 21.3. The van der Waals surface area contributed by atoms with Gasteiger partial charge in [0.05, 0.1) is 18.7 Å². The Bertz CT molecular complexity index is 1130. The zero-order valence-corrected chi connectivity index (χ0v) is 24.5. The molecule has 4 unspecified atom stereocenters. The second-order valence-electron chi connectivity index (χ2n) is 10.1. The molecular formula is C31H43FN4O5. The summed E-state index contributed by atoms with van der Waals surface area (Å²) < 4.78 is 18.0. The molecular weight excluding hydrogens is 527 g/mol. The van der Waals surface area contributed by atoms with E-state index in [-0.39, 0.29) is 36.6 Å². The first-order valence-electron chi connectivity index (χ1n) is 13.9. The van der Waals surface area contributed by atoms with E-state index in [2.05, 4.69) is 16.0 Å². The van der Waals surface area contributed by atoms with E-state index in [0.29, 0.717) is 18.9 Å². The maximum atomic E-state index is 13.3. The number of ether oxygens (including phenoxy) is 1. The first kappa shape index (κ1) is 33.4. The average Bonchev–Trinajstić information content (AvgIpc) is 2.95. The molecule has 0 saturated carbocycles. The molecule has 41 heavy (non-hydrogen) atoms. The first-order chi connectivity index (χ1) is 19.5. The number of aliphatic hydroxyl groups is 1. The number of nitrogens with zero attached hydrogens (tertiary/aromatic N) is 1. The van der Waals surface area contributed by atoms with Crippen molar-refractivity contribution in [1.29, 1.82) is 0 Å². The van der Waals surface area contributed by atoms with Gasteiger partial charge in [0, 0.05) is 25.7 Å². The molecule has 0 saturated heterocycles. The molecule has 3 amide bonds.